The zero-order valence-electron chi connectivity index (χ0n) is 31.7. The Morgan fingerprint density at radius 1 is 0.679 bits per heavy atom. The number of aromatic nitrogens is 4. The van der Waals surface area contributed by atoms with Crippen LogP contribution < -0.4 is 0 Å². The number of benzene rings is 5. The molecule has 0 bridgehead atoms. The predicted molar refractivity (Wildman–Crippen MR) is 225 cm³/mol. The molecule has 0 N–H and O–H groups in total. The van der Waals surface area contributed by atoms with E-state index < -0.39 is 0 Å². The molecule has 2 unspecified atom stereocenters. The van der Waals surface area contributed by atoms with E-state index in [1.54, 1.807) is 0 Å². The minimum atomic E-state index is -0.153. The van der Waals surface area contributed by atoms with Crippen molar-refractivity contribution in [3.05, 3.63) is 155 Å². The molecule has 0 radical (unpaired) electrons. The van der Waals surface area contributed by atoms with Crippen molar-refractivity contribution in [2.45, 2.75) is 51.9 Å². The number of para-hydroxylation sites is 3. The lowest BCUT2D eigenvalue weighted by Gasteiger charge is -2.41. The molecule has 4 heterocycles. The molecular formula is C50H38N4O2. The monoisotopic (exact) mass is 726 g/mol. The van der Waals surface area contributed by atoms with E-state index in [-0.39, 0.29) is 16.7 Å². The Hall–Kier alpha value is -6.53. The molecule has 0 amide bonds. The fourth-order valence-corrected chi connectivity index (χ4v) is 10.3. The van der Waals surface area contributed by atoms with Crippen LogP contribution in [0.25, 0.3) is 83.7 Å². The van der Waals surface area contributed by atoms with Gasteiger partial charge in [-0.3, -0.25) is 4.57 Å². The molecule has 56 heavy (non-hydrogen) atoms. The Bertz CT molecular complexity index is 3220. The van der Waals surface area contributed by atoms with E-state index in [0.29, 0.717) is 17.6 Å². The summed E-state index contributed by atoms with van der Waals surface area (Å²) in [5.74, 6) is 2.98. The SMILES string of the molecule is CC1Cc2c(n(-c3nc(C4=C5c6ccccc6C(C)(C)C5(C)CC=C4)nc(-c4ccc5c(c4)oc4ccccc45)n3)c3ccccc23)-c2oc3ccccc3c21. The first-order valence-corrected chi connectivity index (χ1v) is 19.6. The van der Waals surface area contributed by atoms with E-state index in [2.05, 4.69) is 141 Å². The van der Waals surface area contributed by atoms with Crippen molar-refractivity contribution in [1.82, 2.24) is 19.5 Å². The first-order valence-electron chi connectivity index (χ1n) is 19.6. The van der Waals surface area contributed by atoms with Crippen LogP contribution in [0.2, 0.25) is 0 Å². The summed E-state index contributed by atoms with van der Waals surface area (Å²) in [6.45, 7) is 9.48. The van der Waals surface area contributed by atoms with Gasteiger partial charge in [0.05, 0.1) is 11.2 Å². The minimum absolute atomic E-state index is 0.0932. The summed E-state index contributed by atoms with van der Waals surface area (Å²) in [7, 11) is 0. The lowest BCUT2D eigenvalue weighted by molar-refractivity contribution is 0.272. The highest BCUT2D eigenvalue weighted by Crippen LogP contribution is 2.63. The molecular weight excluding hydrogens is 689 g/mol. The zero-order valence-corrected chi connectivity index (χ0v) is 31.7. The van der Waals surface area contributed by atoms with Gasteiger partial charge in [-0.25, -0.2) is 4.98 Å². The van der Waals surface area contributed by atoms with E-state index in [0.717, 1.165) is 73.9 Å². The summed E-state index contributed by atoms with van der Waals surface area (Å²) in [6, 6.07) is 40.4. The lowest BCUT2D eigenvalue weighted by atomic mass is 9.62. The van der Waals surface area contributed by atoms with Gasteiger partial charge in [-0.15, -0.1) is 0 Å². The molecule has 0 saturated heterocycles. The molecule has 3 aliphatic carbocycles. The van der Waals surface area contributed by atoms with Gasteiger partial charge in [0.2, 0.25) is 5.95 Å². The summed E-state index contributed by atoms with van der Waals surface area (Å²) in [5.41, 5.74) is 12.7. The Morgan fingerprint density at radius 2 is 1.38 bits per heavy atom. The molecule has 0 spiro atoms. The number of hydrogen-bond donors (Lipinski definition) is 0. The van der Waals surface area contributed by atoms with E-state index in [4.69, 9.17) is 23.8 Å². The highest BCUT2D eigenvalue weighted by molar-refractivity contribution is 6.06. The number of furan rings is 2. The van der Waals surface area contributed by atoms with Gasteiger partial charge in [-0.2, -0.15) is 9.97 Å². The maximum atomic E-state index is 6.82. The van der Waals surface area contributed by atoms with Crippen molar-refractivity contribution in [3.63, 3.8) is 0 Å². The average Bonchev–Trinajstić information content (AvgIpc) is 3.94. The molecule has 12 rings (SSSR count). The smallest absolute Gasteiger partial charge is 0.238 e. The fraction of sp³-hybridized carbons (Fsp3) is 0.180. The maximum absolute atomic E-state index is 6.82. The topological polar surface area (TPSA) is 69.9 Å². The van der Waals surface area contributed by atoms with Crippen LogP contribution in [-0.2, 0) is 11.8 Å². The summed E-state index contributed by atoms with van der Waals surface area (Å²) in [5, 5.41) is 4.51. The standard InChI is InChI=1S/C50H38N4O2/c1-28-26-36-30-14-6-10-20-38(30)54(44(36)45-42(28)34-17-8-12-22-40(34)56-45)48-52-46(29-23-24-32-31-15-7-11-21-39(31)55-41(32)27-29)51-47(53-48)35-18-13-25-50(4)43(35)33-16-5-9-19-37(33)49(50,2)3/h5-24,27-28H,25-26H2,1-4H3. The maximum Gasteiger partial charge on any atom is 0.238 e. The van der Waals surface area contributed by atoms with Crippen molar-refractivity contribution in [2.24, 2.45) is 5.41 Å². The van der Waals surface area contributed by atoms with E-state index in [9.17, 15) is 0 Å². The van der Waals surface area contributed by atoms with Crippen LogP contribution in [0, 0.1) is 5.41 Å². The van der Waals surface area contributed by atoms with Crippen molar-refractivity contribution in [3.8, 4) is 28.8 Å². The lowest BCUT2D eigenvalue weighted by Crippen LogP contribution is -2.35. The van der Waals surface area contributed by atoms with Crippen molar-refractivity contribution in [1.29, 1.82) is 0 Å². The van der Waals surface area contributed by atoms with Crippen molar-refractivity contribution in [2.75, 3.05) is 0 Å². The molecule has 9 aromatic rings. The van der Waals surface area contributed by atoms with Gasteiger partial charge in [0.15, 0.2) is 17.4 Å². The molecule has 3 aliphatic rings. The van der Waals surface area contributed by atoms with Crippen LogP contribution in [0.4, 0.5) is 0 Å². The Kier molecular flexibility index (Phi) is 6.27. The first kappa shape index (κ1) is 31.8. The molecule has 6 nitrogen and oxygen atoms in total. The third-order valence-corrected chi connectivity index (χ3v) is 13.4. The molecule has 0 fully saturated rings. The average molecular weight is 727 g/mol. The summed E-state index contributed by atoms with van der Waals surface area (Å²) >= 11 is 0. The molecule has 0 aliphatic heterocycles. The second kappa shape index (κ2) is 11.0. The largest absolute Gasteiger partial charge is 0.456 e. The van der Waals surface area contributed by atoms with Gasteiger partial charge in [-0.1, -0.05) is 125 Å². The summed E-state index contributed by atoms with van der Waals surface area (Å²) in [6.07, 6.45) is 6.37. The number of hydrogen-bond acceptors (Lipinski definition) is 5. The highest BCUT2D eigenvalue weighted by Gasteiger charge is 2.53. The highest BCUT2D eigenvalue weighted by atomic mass is 16.3. The normalized spacial score (nSPS) is 19.5. The third-order valence-electron chi connectivity index (χ3n) is 13.4. The van der Waals surface area contributed by atoms with Crippen LogP contribution in [-0.4, -0.2) is 19.5 Å². The van der Waals surface area contributed by atoms with Gasteiger partial charge >= 0.3 is 0 Å². The van der Waals surface area contributed by atoms with Gasteiger partial charge in [0.1, 0.15) is 16.7 Å². The van der Waals surface area contributed by atoms with Crippen molar-refractivity contribution < 1.29 is 8.83 Å². The summed E-state index contributed by atoms with van der Waals surface area (Å²) in [4.78, 5) is 16.3. The third kappa shape index (κ3) is 4.08. The van der Waals surface area contributed by atoms with E-state index in [1.165, 1.54) is 33.2 Å². The van der Waals surface area contributed by atoms with Crippen LogP contribution in [0.3, 0.4) is 0 Å². The molecule has 6 heteroatoms. The molecule has 4 aromatic heterocycles. The minimum Gasteiger partial charge on any atom is -0.456 e. The first-order chi connectivity index (χ1) is 27.3. The summed E-state index contributed by atoms with van der Waals surface area (Å²) < 4.78 is 15.5. The quantitative estimate of drug-likeness (QED) is 0.181. The van der Waals surface area contributed by atoms with Gasteiger partial charge in [0, 0.05) is 49.1 Å². The van der Waals surface area contributed by atoms with Crippen LogP contribution in [0.15, 0.2) is 136 Å². The number of allylic oxidation sites excluding steroid dienone is 4. The van der Waals surface area contributed by atoms with E-state index >= 15 is 0 Å². The zero-order chi connectivity index (χ0) is 37.5. The Labute approximate surface area is 323 Å². The number of rotatable bonds is 3. The second-order valence-electron chi connectivity index (χ2n) is 16.6. The number of fused-ring (bicyclic) bond motifs is 13. The molecule has 0 saturated carbocycles. The van der Waals surface area contributed by atoms with E-state index in [1.807, 2.05) is 18.2 Å². The fourth-order valence-electron chi connectivity index (χ4n) is 10.3. The molecule has 2 atom stereocenters. The second-order valence-corrected chi connectivity index (χ2v) is 16.6. The van der Waals surface area contributed by atoms with Crippen LogP contribution in [0.1, 0.15) is 68.1 Å². The van der Waals surface area contributed by atoms with Gasteiger partial charge < -0.3 is 8.83 Å². The molecule has 5 aromatic carbocycles. The Morgan fingerprint density at radius 3 is 2.23 bits per heavy atom. The van der Waals surface area contributed by atoms with Gasteiger partial charge in [-0.05, 0) is 71.4 Å². The molecule has 270 valence electrons. The van der Waals surface area contributed by atoms with Crippen LogP contribution in [0.5, 0.6) is 0 Å². The van der Waals surface area contributed by atoms with Gasteiger partial charge in [0.25, 0.3) is 0 Å². The van der Waals surface area contributed by atoms with Crippen LogP contribution >= 0.6 is 0 Å². The number of nitrogens with zero attached hydrogens (tertiary/aromatic N) is 4. The predicted octanol–water partition coefficient (Wildman–Crippen LogP) is 12.6. The van der Waals surface area contributed by atoms with Crippen molar-refractivity contribution >= 4 is 55.0 Å². The Balaban J connectivity index is 1.18.